The third-order valence-corrected chi connectivity index (χ3v) is 5.10. The maximum Gasteiger partial charge on any atom is 0.349 e. The Morgan fingerprint density at radius 1 is 1.20 bits per heavy atom. The summed E-state index contributed by atoms with van der Waals surface area (Å²) in [7, 11) is 0. The second-order valence-electron chi connectivity index (χ2n) is 6.55. The number of nitrogens with two attached hydrogens (primary N) is 2. The predicted molar refractivity (Wildman–Crippen MR) is 114 cm³/mol. The Morgan fingerprint density at radius 2 is 1.90 bits per heavy atom. The SMILES string of the molecule is C/C(=N\Oc1nc(N)c(C(=O)OC(C)C)c(N)n1)c1sc(-c2cccnc2)nc1C. The van der Waals surface area contributed by atoms with Gasteiger partial charge in [-0.25, -0.2) is 9.78 Å². The molecule has 3 aromatic rings. The molecule has 0 saturated carbocycles. The summed E-state index contributed by atoms with van der Waals surface area (Å²) >= 11 is 1.46. The fraction of sp³-hybridized carbons (Fsp3) is 0.263. The van der Waals surface area contributed by atoms with E-state index in [2.05, 4.69) is 25.1 Å². The summed E-state index contributed by atoms with van der Waals surface area (Å²) in [5.41, 5.74) is 13.9. The average molecular weight is 427 g/mol. The number of nitrogen functional groups attached to an aromatic ring is 2. The van der Waals surface area contributed by atoms with Crippen molar-refractivity contribution in [3.05, 3.63) is 40.7 Å². The molecule has 3 heterocycles. The van der Waals surface area contributed by atoms with Crippen molar-refractivity contribution in [2.24, 2.45) is 5.16 Å². The number of thiazole rings is 1. The van der Waals surface area contributed by atoms with Gasteiger partial charge in [-0.15, -0.1) is 11.3 Å². The van der Waals surface area contributed by atoms with Gasteiger partial charge >= 0.3 is 12.0 Å². The lowest BCUT2D eigenvalue weighted by Crippen LogP contribution is -2.17. The Morgan fingerprint density at radius 3 is 2.50 bits per heavy atom. The fourth-order valence-corrected chi connectivity index (χ4v) is 3.49. The lowest BCUT2D eigenvalue weighted by molar-refractivity contribution is 0.0379. The summed E-state index contributed by atoms with van der Waals surface area (Å²) in [4.78, 5) is 34.8. The van der Waals surface area contributed by atoms with Crippen LogP contribution in [-0.4, -0.2) is 37.7 Å². The Bertz CT molecular complexity index is 1070. The molecular formula is C19H21N7O3S. The van der Waals surface area contributed by atoms with Crippen LogP contribution in [0.5, 0.6) is 6.01 Å². The molecule has 0 radical (unpaired) electrons. The molecule has 0 bridgehead atoms. The first kappa shape index (κ1) is 21.1. The zero-order valence-corrected chi connectivity index (χ0v) is 17.7. The highest BCUT2D eigenvalue weighted by atomic mass is 32.1. The van der Waals surface area contributed by atoms with Gasteiger partial charge in [0.1, 0.15) is 22.2 Å². The van der Waals surface area contributed by atoms with Gasteiger partial charge in [-0.3, -0.25) is 4.98 Å². The zero-order chi connectivity index (χ0) is 21.8. The Labute approximate surface area is 177 Å². The quantitative estimate of drug-likeness (QED) is 0.343. The van der Waals surface area contributed by atoms with Crippen molar-refractivity contribution in [2.45, 2.75) is 33.8 Å². The van der Waals surface area contributed by atoms with Crippen molar-refractivity contribution in [1.29, 1.82) is 0 Å². The Hall–Kier alpha value is -3.60. The summed E-state index contributed by atoms with van der Waals surface area (Å²) in [6.07, 6.45) is 3.12. The molecule has 0 fully saturated rings. The summed E-state index contributed by atoms with van der Waals surface area (Å²) < 4.78 is 5.09. The molecular weight excluding hydrogens is 406 g/mol. The van der Waals surface area contributed by atoms with Crippen molar-refractivity contribution in [1.82, 2.24) is 19.9 Å². The number of nitrogens with zero attached hydrogens (tertiary/aromatic N) is 5. The third kappa shape index (κ3) is 4.69. The molecule has 0 aromatic carbocycles. The minimum absolute atomic E-state index is 0.101. The number of aryl methyl sites for hydroxylation is 1. The van der Waals surface area contributed by atoms with Gasteiger partial charge < -0.3 is 21.0 Å². The number of carbonyl (C=O) groups excluding carboxylic acids is 1. The van der Waals surface area contributed by atoms with Gasteiger partial charge in [0.15, 0.2) is 0 Å². The number of aromatic nitrogens is 4. The lowest BCUT2D eigenvalue weighted by atomic mass is 10.3. The molecule has 3 aromatic heterocycles. The van der Waals surface area contributed by atoms with E-state index in [1.54, 1.807) is 33.2 Å². The van der Waals surface area contributed by atoms with Crippen molar-refractivity contribution in [3.63, 3.8) is 0 Å². The molecule has 3 rings (SSSR count). The monoisotopic (exact) mass is 427 g/mol. The minimum atomic E-state index is -0.700. The molecule has 0 aliphatic carbocycles. The van der Waals surface area contributed by atoms with Crippen molar-refractivity contribution >= 4 is 34.7 Å². The van der Waals surface area contributed by atoms with E-state index >= 15 is 0 Å². The maximum absolute atomic E-state index is 12.1. The minimum Gasteiger partial charge on any atom is -0.459 e. The first-order valence-electron chi connectivity index (χ1n) is 9.00. The summed E-state index contributed by atoms with van der Waals surface area (Å²) in [5, 5.41) is 4.88. The zero-order valence-electron chi connectivity index (χ0n) is 16.9. The number of carbonyl (C=O) groups is 1. The number of rotatable bonds is 6. The van der Waals surface area contributed by atoms with Gasteiger partial charge in [0.25, 0.3) is 0 Å². The van der Waals surface area contributed by atoms with E-state index in [9.17, 15) is 4.79 Å². The van der Waals surface area contributed by atoms with Gasteiger partial charge in [0, 0.05) is 18.0 Å². The van der Waals surface area contributed by atoms with Crippen LogP contribution in [0.1, 0.15) is 41.7 Å². The van der Waals surface area contributed by atoms with E-state index in [0.29, 0.717) is 5.71 Å². The van der Waals surface area contributed by atoms with Crippen molar-refractivity contribution < 1.29 is 14.4 Å². The molecule has 0 unspecified atom stereocenters. The number of anilines is 2. The number of hydrogen-bond donors (Lipinski definition) is 2. The molecule has 0 amide bonds. The summed E-state index contributed by atoms with van der Waals surface area (Å²) in [5.74, 6) is -0.998. The van der Waals surface area contributed by atoms with Crippen LogP contribution >= 0.6 is 11.3 Å². The maximum atomic E-state index is 12.1. The largest absolute Gasteiger partial charge is 0.459 e. The molecule has 0 aliphatic rings. The second-order valence-corrected chi connectivity index (χ2v) is 7.55. The Balaban J connectivity index is 1.81. The standard InChI is InChI=1S/C19H21N7O3S/c1-9(2)28-18(27)13-15(20)24-19(25-16(13)21)29-26-11(4)14-10(3)23-17(30-14)12-6-5-7-22-8-12/h5-9H,1-4H3,(H4,20,21,24,25)/b26-11+. The number of ether oxygens (including phenoxy) is 1. The second kappa shape index (κ2) is 8.82. The van der Waals surface area contributed by atoms with Crippen LogP contribution in [0.3, 0.4) is 0 Å². The number of esters is 1. The third-order valence-electron chi connectivity index (χ3n) is 3.79. The smallest absolute Gasteiger partial charge is 0.349 e. The van der Waals surface area contributed by atoms with Gasteiger partial charge in [-0.1, -0.05) is 5.16 Å². The van der Waals surface area contributed by atoms with E-state index in [-0.39, 0.29) is 29.3 Å². The van der Waals surface area contributed by atoms with E-state index < -0.39 is 5.97 Å². The normalized spacial score (nSPS) is 11.6. The molecule has 11 heteroatoms. The van der Waals surface area contributed by atoms with Crippen molar-refractivity contribution in [3.8, 4) is 16.6 Å². The molecule has 0 atom stereocenters. The molecule has 10 nitrogen and oxygen atoms in total. The summed E-state index contributed by atoms with van der Waals surface area (Å²) in [6, 6.07) is 3.60. The summed E-state index contributed by atoms with van der Waals surface area (Å²) in [6.45, 7) is 7.07. The highest BCUT2D eigenvalue weighted by molar-refractivity contribution is 7.17. The topological polar surface area (TPSA) is 151 Å². The highest BCUT2D eigenvalue weighted by Crippen LogP contribution is 2.28. The molecule has 30 heavy (non-hydrogen) atoms. The fourth-order valence-electron chi connectivity index (χ4n) is 2.49. The predicted octanol–water partition coefficient (Wildman–Crippen LogP) is 2.84. The van der Waals surface area contributed by atoms with Crippen LogP contribution in [0.2, 0.25) is 0 Å². The van der Waals surface area contributed by atoms with Crippen LogP contribution in [0.25, 0.3) is 10.6 Å². The number of pyridine rings is 1. The van der Waals surface area contributed by atoms with Crippen LogP contribution < -0.4 is 16.3 Å². The molecule has 0 aliphatic heterocycles. The highest BCUT2D eigenvalue weighted by Gasteiger charge is 2.21. The molecule has 0 saturated heterocycles. The van der Waals surface area contributed by atoms with E-state index in [4.69, 9.17) is 21.0 Å². The van der Waals surface area contributed by atoms with Gasteiger partial charge in [-0.2, -0.15) is 9.97 Å². The van der Waals surface area contributed by atoms with Crippen LogP contribution in [0.15, 0.2) is 29.7 Å². The molecule has 0 spiro atoms. The first-order chi connectivity index (χ1) is 14.3. The van der Waals surface area contributed by atoms with Gasteiger partial charge in [0.2, 0.25) is 0 Å². The van der Waals surface area contributed by atoms with Gasteiger partial charge in [-0.05, 0) is 39.8 Å². The van der Waals surface area contributed by atoms with Crippen molar-refractivity contribution in [2.75, 3.05) is 11.5 Å². The first-order valence-corrected chi connectivity index (χ1v) is 9.81. The van der Waals surface area contributed by atoms with Crippen LogP contribution in [0, 0.1) is 6.92 Å². The number of oxime groups is 1. The lowest BCUT2D eigenvalue weighted by Gasteiger charge is -2.11. The molecule has 4 N–H and O–H groups in total. The van der Waals surface area contributed by atoms with Crippen LogP contribution in [-0.2, 0) is 4.74 Å². The van der Waals surface area contributed by atoms with Gasteiger partial charge in [0.05, 0.1) is 22.4 Å². The Kier molecular flexibility index (Phi) is 6.21. The average Bonchev–Trinajstić information content (AvgIpc) is 3.07. The molecule has 156 valence electrons. The van der Waals surface area contributed by atoms with E-state index in [0.717, 1.165) is 21.1 Å². The van der Waals surface area contributed by atoms with Crippen LogP contribution in [0.4, 0.5) is 11.6 Å². The van der Waals surface area contributed by atoms with E-state index in [1.807, 2.05) is 19.1 Å². The number of hydrogen-bond acceptors (Lipinski definition) is 11. The van der Waals surface area contributed by atoms with E-state index in [1.165, 1.54) is 11.3 Å².